The van der Waals surface area contributed by atoms with Crippen LogP contribution in [0.5, 0.6) is 0 Å². The zero-order valence-electron chi connectivity index (χ0n) is 10.2. The monoisotopic (exact) mass is 208 g/mol. The minimum Gasteiger partial charge on any atom is -0.299 e. The van der Waals surface area contributed by atoms with Gasteiger partial charge in [-0.25, -0.2) is 0 Å². The summed E-state index contributed by atoms with van der Waals surface area (Å²) in [6.07, 6.45) is 0.0625. The molecule has 14 heavy (non-hydrogen) atoms. The molecule has 0 aromatic carbocycles. The summed E-state index contributed by atoms with van der Waals surface area (Å²) in [5.74, 6) is 0.0415. The van der Waals surface area contributed by atoms with Gasteiger partial charge in [0.2, 0.25) is 0 Å². The van der Waals surface area contributed by atoms with E-state index in [1.807, 2.05) is 41.5 Å². The number of Topliss-reactive ketones (excluding diaryl/α,β-unsaturated/α-hetero) is 2. The molecule has 0 aliphatic carbocycles. The van der Waals surface area contributed by atoms with E-state index in [1.165, 1.54) is 0 Å². The average molecular weight is 209 g/mol. The Bertz CT molecular complexity index is 194. The van der Waals surface area contributed by atoms with Crippen LogP contribution < -0.4 is 0 Å². The first kappa shape index (κ1) is 16.5. The van der Waals surface area contributed by atoms with Crippen molar-refractivity contribution in [2.75, 3.05) is 0 Å². The first-order valence-electron chi connectivity index (χ1n) is 4.62. The van der Waals surface area contributed by atoms with Crippen LogP contribution in [-0.2, 0) is 9.59 Å². The second kappa shape index (κ2) is 5.26. The second-order valence-electron chi connectivity index (χ2n) is 5.52. The summed E-state index contributed by atoms with van der Waals surface area (Å²) in [5, 5.41) is 0. The van der Waals surface area contributed by atoms with Gasteiger partial charge in [0.15, 0.2) is 0 Å². The van der Waals surface area contributed by atoms with Gasteiger partial charge in [0.05, 0.1) is 6.42 Å². The molecule has 0 radical (unpaired) electrons. The summed E-state index contributed by atoms with van der Waals surface area (Å²) in [4.78, 5) is 23.0. The van der Waals surface area contributed by atoms with Gasteiger partial charge >= 0.3 is 23.1 Å². The molecular weight excluding hydrogens is 188 g/mol. The number of hydrogen-bond donors (Lipinski definition) is 0. The minimum absolute atomic E-state index is 0. The van der Waals surface area contributed by atoms with Crippen LogP contribution >= 0.6 is 0 Å². The number of rotatable bonds is 2. The Balaban J connectivity index is 0. The molecule has 0 aliphatic heterocycles. The van der Waals surface area contributed by atoms with E-state index in [1.54, 1.807) is 0 Å². The van der Waals surface area contributed by atoms with Crippen molar-refractivity contribution in [1.29, 1.82) is 0 Å². The molecule has 0 spiro atoms. The smallest absolute Gasteiger partial charge is 0.299 e. The summed E-state index contributed by atoms with van der Waals surface area (Å²) in [6.45, 7) is 11.0. The van der Waals surface area contributed by atoms with Crippen LogP contribution in [0.1, 0.15) is 48.0 Å². The van der Waals surface area contributed by atoms with Crippen molar-refractivity contribution in [2.45, 2.75) is 48.0 Å². The fourth-order valence-electron chi connectivity index (χ4n) is 0.676. The van der Waals surface area contributed by atoms with E-state index in [0.717, 1.165) is 0 Å². The van der Waals surface area contributed by atoms with Crippen molar-refractivity contribution < 1.29 is 9.59 Å². The normalized spacial score (nSPS) is 11.9. The summed E-state index contributed by atoms with van der Waals surface area (Å²) in [6, 6.07) is 0. The first-order chi connectivity index (χ1) is 5.55. The molecule has 3 heteroatoms. The maximum absolute atomic E-state index is 11.5. The molecule has 0 aromatic rings. The largest absolute Gasteiger partial charge is 2.00 e. The van der Waals surface area contributed by atoms with Crippen molar-refractivity contribution in [1.82, 2.24) is 0 Å². The predicted molar refractivity (Wildman–Crippen MR) is 59.3 cm³/mol. The Labute approximate surface area is 103 Å². The Morgan fingerprint density at radius 3 is 1.14 bits per heavy atom. The van der Waals surface area contributed by atoms with Crippen LogP contribution in [0.15, 0.2) is 0 Å². The molecule has 0 N–H and O–H groups in total. The van der Waals surface area contributed by atoms with Gasteiger partial charge in [-0.2, -0.15) is 0 Å². The molecule has 0 bridgehead atoms. The van der Waals surface area contributed by atoms with Gasteiger partial charge in [0, 0.05) is 10.8 Å². The fourth-order valence-corrected chi connectivity index (χ4v) is 0.676. The maximum Gasteiger partial charge on any atom is 2.00 e. The van der Waals surface area contributed by atoms with Crippen molar-refractivity contribution in [3.05, 3.63) is 0 Å². The molecule has 0 saturated heterocycles. The van der Waals surface area contributed by atoms with Crippen LogP contribution in [0.4, 0.5) is 0 Å². The Kier molecular flexibility index (Phi) is 6.21. The quantitative estimate of drug-likeness (QED) is 0.515. The van der Waals surface area contributed by atoms with E-state index in [-0.39, 0.29) is 41.0 Å². The van der Waals surface area contributed by atoms with Gasteiger partial charge in [-0.05, 0) is 0 Å². The third-order valence-electron chi connectivity index (χ3n) is 1.99. The summed E-state index contributed by atoms with van der Waals surface area (Å²) in [7, 11) is 0. The fraction of sp³-hybridized carbons (Fsp3) is 0.818. The number of carbonyl (C=O) groups is 2. The SMILES string of the molecule is CC(C)(C)C(=O)CC(=O)C(C)(C)C.[Mg+2]. The van der Waals surface area contributed by atoms with Crippen molar-refractivity contribution in [2.24, 2.45) is 10.8 Å². The molecule has 2 nitrogen and oxygen atoms in total. The number of hydrogen-bond acceptors (Lipinski definition) is 2. The molecule has 0 heterocycles. The van der Waals surface area contributed by atoms with Crippen LogP contribution in [0.3, 0.4) is 0 Å². The van der Waals surface area contributed by atoms with Gasteiger partial charge in [-0.1, -0.05) is 41.5 Å². The summed E-state index contributed by atoms with van der Waals surface area (Å²) < 4.78 is 0. The van der Waals surface area contributed by atoms with E-state index < -0.39 is 10.8 Å². The van der Waals surface area contributed by atoms with E-state index in [4.69, 9.17) is 0 Å². The minimum atomic E-state index is -0.402. The summed E-state index contributed by atoms with van der Waals surface area (Å²) in [5.41, 5.74) is -0.804. The molecule has 76 valence electrons. The van der Waals surface area contributed by atoms with E-state index >= 15 is 0 Å². The van der Waals surface area contributed by atoms with E-state index in [0.29, 0.717) is 0 Å². The molecule has 0 amide bonds. The van der Waals surface area contributed by atoms with Gasteiger partial charge in [0.1, 0.15) is 11.6 Å². The molecule has 0 unspecified atom stereocenters. The Morgan fingerprint density at radius 1 is 0.786 bits per heavy atom. The topological polar surface area (TPSA) is 34.1 Å². The molecule has 0 aliphatic rings. The predicted octanol–water partition coefficient (Wildman–Crippen LogP) is 2.23. The van der Waals surface area contributed by atoms with E-state index in [9.17, 15) is 9.59 Å². The molecule has 0 atom stereocenters. The second-order valence-corrected chi connectivity index (χ2v) is 5.52. The molecule has 0 saturated carbocycles. The van der Waals surface area contributed by atoms with Crippen LogP contribution in [0.25, 0.3) is 0 Å². The van der Waals surface area contributed by atoms with Crippen LogP contribution in [0.2, 0.25) is 0 Å². The van der Waals surface area contributed by atoms with Gasteiger partial charge in [-0.3, -0.25) is 9.59 Å². The molecular formula is C11H20MgO2+2. The zero-order chi connectivity index (χ0) is 10.9. The third kappa shape index (κ3) is 5.76. The zero-order valence-corrected chi connectivity index (χ0v) is 11.6. The van der Waals surface area contributed by atoms with Crippen LogP contribution in [-0.4, -0.2) is 34.6 Å². The van der Waals surface area contributed by atoms with Gasteiger partial charge < -0.3 is 0 Å². The standard InChI is InChI=1S/C11H20O2.Mg/c1-10(2,3)8(12)7-9(13)11(4,5)6;/h7H2,1-6H3;/q;+2. The van der Waals surface area contributed by atoms with Gasteiger partial charge in [-0.15, -0.1) is 0 Å². The third-order valence-corrected chi connectivity index (χ3v) is 1.99. The Hall–Kier alpha value is 0.106. The van der Waals surface area contributed by atoms with Crippen molar-refractivity contribution in [3.63, 3.8) is 0 Å². The number of carbonyl (C=O) groups excluding carboxylic acids is 2. The van der Waals surface area contributed by atoms with Crippen molar-refractivity contribution in [3.8, 4) is 0 Å². The number of ketones is 2. The average Bonchev–Trinajstić information content (AvgIpc) is 1.82. The molecule has 0 fully saturated rings. The summed E-state index contributed by atoms with van der Waals surface area (Å²) >= 11 is 0. The van der Waals surface area contributed by atoms with Crippen molar-refractivity contribution >= 4 is 34.6 Å². The maximum atomic E-state index is 11.5. The van der Waals surface area contributed by atoms with Gasteiger partial charge in [0.25, 0.3) is 0 Å². The van der Waals surface area contributed by atoms with E-state index in [2.05, 4.69) is 0 Å². The first-order valence-corrected chi connectivity index (χ1v) is 4.62. The Morgan fingerprint density at radius 2 is 1.00 bits per heavy atom. The van der Waals surface area contributed by atoms with Crippen LogP contribution in [0, 0.1) is 10.8 Å². The molecule has 0 aromatic heterocycles. The molecule has 0 rings (SSSR count).